The van der Waals surface area contributed by atoms with Crippen LogP contribution < -0.4 is 11.5 Å². The van der Waals surface area contributed by atoms with E-state index in [0.717, 1.165) is 12.8 Å². The number of ether oxygens (including phenoxy) is 1. The number of carbonyl (C=O) groups excluding carboxylic acids is 2. The summed E-state index contributed by atoms with van der Waals surface area (Å²) in [6.45, 7) is 1.35. The highest BCUT2D eigenvalue weighted by Gasteiger charge is 2.39. The Labute approximate surface area is 100 Å². The first-order valence-electron chi connectivity index (χ1n) is 6.04. The van der Waals surface area contributed by atoms with Gasteiger partial charge in [0.2, 0.25) is 11.8 Å². The zero-order chi connectivity index (χ0) is 12.4. The van der Waals surface area contributed by atoms with E-state index < -0.39 is 11.9 Å². The van der Waals surface area contributed by atoms with Crippen LogP contribution in [-0.4, -0.2) is 48.6 Å². The second-order valence-corrected chi connectivity index (χ2v) is 4.75. The van der Waals surface area contributed by atoms with E-state index in [4.69, 9.17) is 16.2 Å². The SMILES string of the molecule is NC(=O)C1CCCCN1C(=O)C1COCC1N. The van der Waals surface area contributed by atoms with Crippen LogP contribution in [0.4, 0.5) is 0 Å². The number of nitrogens with zero attached hydrogens (tertiary/aromatic N) is 1. The normalized spacial score (nSPS) is 33.7. The number of hydrogen-bond acceptors (Lipinski definition) is 4. The van der Waals surface area contributed by atoms with Gasteiger partial charge in [0.05, 0.1) is 19.1 Å². The smallest absolute Gasteiger partial charge is 0.240 e. The zero-order valence-corrected chi connectivity index (χ0v) is 9.80. The molecule has 0 aliphatic carbocycles. The Kier molecular flexibility index (Phi) is 3.63. The van der Waals surface area contributed by atoms with E-state index in [1.165, 1.54) is 0 Å². The Morgan fingerprint density at radius 1 is 1.24 bits per heavy atom. The summed E-state index contributed by atoms with van der Waals surface area (Å²) in [7, 11) is 0. The number of nitrogens with two attached hydrogens (primary N) is 2. The molecule has 96 valence electrons. The van der Waals surface area contributed by atoms with E-state index >= 15 is 0 Å². The number of hydrogen-bond donors (Lipinski definition) is 2. The minimum absolute atomic E-state index is 0.0847. The molecule has 0 aromatic rings. The largest absolute Gasteiger partial charge is 0.379 e. The van der Waals surface area contributed by atoms with Crippen molar-refractivity contribution in [1.29, 1.82) is 0 Å². The van der Waals surface area contributed by atoms with E-state index in [1.807, 2.05) is 0 Å². The Morgan fingerprint density at radius 2 is 2.00 bits per heavy atom. The molecule has 0 saturated carbocycles. The topological polar surface area (TPSA) is 98.7 Å². The molecule has 2 rings (SSSR count). The first-order valence-corrected chi connectivity index (χ1v) is 6.04. The molecule has 17 heavy (non-hydrogen) atoms. The summed E-state index contributed by atoms with van der Waals surface area (Å²) >= 11 is 0. The highest BCUT2D eigenvalue weighted by molar-refractivity contribution is 5.88. The second kappa shape index (κ2) is 5.01. The minimum atomic E-state index is -0.468. The highest BCUT2D eigenvalue weighted by Crippen LogP contribution is 2.22. The third-order valence-corrected chi connectivity index (χ3v) is 3.56. The van der Waals surface area contributed by atoms with Crippen LogP contribution in [0.2, 0.25) is 0 Å². The van der Waals surface area contributed by atoms with Crippen LogP contribution in [0.25, 0.3) is 0 Å². The number of amides is 2. The maximum atomic E-state index is 12.3. The van der Waals surface area contributed by atoms with Gasteiger partial charge < -0.3 is 21.1 Å². The van der Waals surface area contributed by atoms with Gasteiger partial charge in [-0.1, -0.05) is 0 Å². The van der Waals surface area contributed by atoms with Crippen molar-refractivity contribution >= 4 is 11.8 Å². The predicted molar refractivity (Wildman–Crippen MR) is 60.8 cm³/mol. The van der Waals surface area contributed by atoms with Crippen molar-refractivity contribution in [2.24, 2.45) is 17.4 Å². The molecular formula is C11H19N3O3. The summed E-state index contributed by atoms with van der Waals surface area (Å²) in [5.41, 5.74) is 11.2. The van der Waals surface area contributed by atoms with Crippen molar-refractivity contribution in [3.05, 3.63) is 0 Å². The van der Waals surface area contributed by atoms with Crippen molar-refractivity contribution in [1.82, 2.24) is 4.90 Å². The summed E-state index contributed by atoms with van der Waals surface area (Å²) in [5.74, 6) is -0.834. The van der Waals surface area contributed by atoms with E-state index in [2.05, 4.69) is 0 Å². The van der Waals surface area contributed by atoms with Crippen molar-refractivity contribution in [2.75, 3.05) is 19.8 Å². The quantitative estimate of drug-likeness (QED) is 0.636. The van der Waals surface area contributed by atoms with Crippen LogP contribution in [0.15, 0.2) is 0 Å². The van der Waals surface area contributed by atoms with Crippen LogP contribution in [0, 0.1) is 5.92 Å². The van der Waals surface area contributed by atoms with Gasteiger partial charge in [0, 0.05) is 12.6 Å². The van der Waals surface area contributed by atoms with E-state index in [1.54, 1.807) is 4.90 Å². The van der Waals surface area contributed by atoms with Gasteiger partial charge in [-0.15, -0.1) is 0 Å². The fourth-order valence-electron chi connectivity index (χ4n) is 2.53. The van der Waals surface area contributed by atoms with Gasteiger partial charge >= 0.3 is 0 Å². The van der Waals surface area contributed by atoms with Crippen LogP contribution >= 0.6 is 0 Å². The Bertz CT molecular complexity index is 321. The first kappa shape index (κ1) is 12.3. The molecule has 3 atom stereocenters. The lowest BCUT2D eigenvalue weighted by Crippen LogP contribution is -2.54. The molecule has 3 unspecified atom stereocenters. The third-order valence-electron chi connectivity index (χ3n) is 3.56. The zero-order valence-electron chi connectivity index (χ0n) is 9.80. The molecule has 0 bridgehead atoms. The van der Waals surface area contributed by atoms with E-state index in [-0.39, 0.29) is 17.9 Å². The molecule has 0 aromatic carbocycles. The van der Waals surface area contributed by atoms with Crippen molar-refractivity contribution in [3.63, 3.8) is 0 Å². The van der Waals surface area contributed by atoms with Gasteiger partial charge in [-0.2, -0.15) is 0 Å². The maximum absolute atomic E-state index is 12.3. The molecule has 2 fully saturated rings. The Hall–Kier alpha value is -1.14. The number of likely N-dealkylation sites (tertiary alicyclic amines) is 1. The van der Waals surface area contributed by atoms with Crippen LogP contribution in [0.1, 0.15) is 19.3 Å². The molecule has 2 aliphatic rings. The summed E-state index contributed by atoms with van der Waals surface area (Å²) in [4.78, 5) is 25.2. The van der Waals surface area contributed by atoms with Crippen molar-refractivity contribution in [2.45, 2.75) is 31.3 Å². The average molecular weight is 241 g/mol. The molecule has 0 radical (unpaired) electrons. The molecular weight excluding hydrogens is 222 g/mol. The third kappa shape index (κ3) is 2.42. The van der Waals surface area contributed by atoms with Crippen molar-refractivity contribution in [3.8, 4) is 0 Å². The van der Waals surface area contributed by atoms with Crippen molar-refractivity contribution < 1.29 is 14.3 Å². The Balaban J connectivity index is 2.08. The number of carbonyl (C=O) groups is 2. The fourth-order valence-corrected chi connectivity index (χ4v) is 2.53. The summed E-state index contributed by atoms with van der Waals surface area (Å²) in [6.07, 6.45) is 2.51. The maximum Gasteiger partial charge on any atom is 0.240 e. The molecule has 2 aliphatic heterocycles. The second-order valence-electron chi connectivity index (χ2n) is 4.75. The first-order chi connectivity index (χ1) is 8.11. The van der Waals surface area contributed by atoms with Crippen LogP contribution in [-0.2, 0) is 14.3 Å². The Morgan fingerprint density at radius 3 is 2.59 bits per heavy atom. The number of piperidine rings is 1. The van der Waals surface area contributed by atoms with Gasteiger partial charge in [-0.3, -0.25) is 9.59 Å². The van der Waals surface area contributed by atoms with Crippen LogP contribution in [0.3, 0.4) is 0 Å². The predicted octanol–water partition coefficient (Wildman–Crippen LogP) is -1.17. The van der Waals surface area contributed by atoms with E-state index in [0.29, 0.717) is 26.2 Å². The standard InChI is InChI=1S/C11H19N3O3/c12-8-6-17-5-7(8)11(16)14-4-2-1-3-9(14)10(13)15/h7-9H,1-6,12H2,(H2,13,15). The number of rotatable bonds is 2. The lowest BCUT2D eigenvalue weighted by molar-refractivity contribution is -0.144. The van der Waals surface area contributed by atoms with Crippen LogP contribution in [0.5, 0.6) is 0 Å². The number of primary amides is 1. The van der Waals surface area contributed by atoms with Gasteiger partial charge in [0.15, 0.2) is 0 Å². The van der Waals surface area contributed by atoms with Gasteiger partial charge in [-0.25, -0.2) is 0 Å². The molecule has 2 heterocycles. The minimum Gasteiger partial charge on any atom is -0.379 e. The van der Waals surface area contributed by atoms with Gasteiger partial charge in [0.25, 0.3) is 0 Å². The lowest BCUT2D eigenvalue weighted by atomic mass is 9.96. The molecule has 0 aromatic heterocycles. The lowest BCUT2D eigenvalue weighted by Gasteiger charge is -2.35. The molecule has 2 amide bonds. The summed E-state index contributed by atoms with van der Waals surface area (Å²) in [6, 6.07) is -0.734. The molecule has 0 spiro atoms. The van der Waals surface area contributed by atoms with E-state index in [9.17, 15) is 9.59 Å². The molecule has 4 N–H and O–H groups in total. The fraction of sp³-hybridized carbons (Fsp3) is 0.818. The average Bonchev–Trinajstić information content (AvgIpc) is 2.74. The monoisotopic (exact) mass is 241 g/mol. The van der Waals surface area contributed by atoms with Gasteiger partial charge in [-0.05, 0) is 19.3 Å². The molecule has 6 heteroatoms. The van der Waals surface area contributed by atoms with Gasteiger partial charge in [0.1, 0.15) is 6.04 Å². The molecule has 6 nitrogen and oxygen atoms in total. The summed E-state index contributed by atoms with van der Waals surface area (Å²) in [5, 5.41) is 0. The highest BCUT2D eigenvalue weighted by atomic mass is 16.5. The molecule has 2 saturated heterocycles. The summed E-state index contributed by atoms with van der Waals surface area (Å²) < 4.78 is 5.19.